The highest BCUT2D eigenvalue weighted by Crippen LogP contribution is 2.45. The zero-order chi connectivity index (χ0) is 82.2. The summed E-state index contributed by atoms with van der Waals surface area (Å²) in [7, 11) is -9.84. The number of phosphoric ester groups is 2. The van der Waals surface area contributed by atoms with E-state index in [1.54, 1.807) is 0 Å². The van der Waals surface area contributed by atoms with Crippen LogP contribution in [0.25, 0.3) is 0 Å². The normalized spacial score (nSPS) is 14.7. The van der Waals surface area contributed by atoms with Crippen molar-refractivity contribution in [2.75, 3.05) is 39.6 Å². The lowest BCUT2D eigenvalue weighted by Crippen LogP contribution is -2.29. The summed E-state index contributed by atoms with van der Waals surface area (Å²) < 4.78 is 61.2. The highest BCUT2D eigenvalue weighted by atomic mass is 31.2. The summed E-state index contributed by atoms with van der Waals surface area (Å²) in [5.74, 6) is -1.69. The molecule has 4 N–H and O–H groups in total. The van der Waals surface area contributed by atoms with Gasteiger partial charge in [0.15, 0.2) is 6.10 Å². The van der Waals surface area contributed by atoms with Gasteiger partial charge in [0.1, 0.15) is 25.4 Å². The van der Waals surface area contributed by atoms with E-state index in [9.17, 15) is 43.5 Å². The molecule has 5 atom stereocenters. The maximum absolute atomic E-state index is 13.0. The van der Waals surface area contributed by atoms with Gasteiger partial charge in [-0.1, -0.05) is 357 Å². The minimum Gasteiger partial charge on any atom is -0.463 e. The number of carbonyl (C=O) groups excluding carboxylic acids is 3. The fourth-order valence-electron chi connectivity index (χ4n) is 11.5. The molecule has 0 saturated heterocycles. The van der Waals surface area contributed by atoms with Gasteiger partial charge in [0.05, 0.1) is 26.4 Å². The molecule has 0 bridgehead atoms. The lowest BCUT2D eigenvalue weighted by molar-refractivity contribution is -0.161. The van der Waals surface area contributed by atoms with Crippen molar-refractivity contribution in [3.8, 4) is 0 Å². The summed E-state index contributed by atoms with van der Waals surface area (Å²) in [6, 6.07) is 0. The van der Waals surface area contributed by atoms with Gasteiger partial charge in [0.25, 0.3) is 0 Å². The molecular formula is C95H158O16P2. The standard InChI is InChI=1S/C95H158O16P2/c1-4-7-10-13-16-19-22-25-28-31-34-36-38-39-40-41-42-43-44-45-46-47-48-49-51-53-55-57-60-63-66-69-72-75-78-81-93(98)105-84-90(96)85-107-112(101,102)108-86-91(97)87-109-113(103,104)110-89-92(111-95(100)83-80-77-74-71-68-65-62-59-54-33-30-27-24-21-18-15-12-9-6-3)88-106-94(99)82-79-76-73-70-67-64-61-58-56-52-50-37-35-32-29-26-23-20-17-14-11-8-5-2/h8-9,11-12,16-21,25-30,34-37,39-40,52,54,56,59,65,68,74,77,90-92,96-97H,4-7,10,13-15,22-24,31-33,38,41-51,53,55,57-58,60-64,66-67,69-73,75-76,78-89H2,1-3H3,(H,101,102)(H,103,104)/b11-8-,12-9-,19-16-,20-17-,21-18-,28-25-,29-26-,30-27-,36-34-,37-35-,40-39-,56-52-,59-54-,68-65-,77-74-. The topological polar surface area (TPSA) is 231 Å². The number of aliphatic hydroxyl groups is 2. The van der Waals surface area contributed by atoms with E-state index in [1.165, 1.54) is 128 Å². The molecular weight excluding hydrogens is 1460 g/mol. The molecule has 0 aromatic carbocycles. The third-order valence-electron chi connectivity index (χ3n) is 18.1. The number of carbonyl (C=O) groups is 3. The number of phosphoric acid groups is 2. The molecule has 0 fully saturated rings. The maximum Gasteiger partial charge on any atom is 0.472 e. The molecule has 0 aliphatic carbocycles. The molecule has 0 aliphatic heterocycles. The van der Waals surface area contributed by atoms with Crippen molar-refractivity contribution in [1.82, 2.24) is 0 Å². The molecule has 644 valence electrons. The summed E-state index contributed by atoms with van der Waals surface area (Å²) in [5, 5.41) is 20.7. The van der Waals surface area contributed by atoms with Crippen LogP contribution in [-0.4, -0.2) is 95.9 Å². The summed E-state index contributed by atoms with van der Waals surface area (Å²) in [5.41, 5.74) is 0. The first-order valence-electron chi connectivity index (χ1n) is 44.1. The monoisotopic (exact) mass is 1620 g/mol. The van der Waals surface area contributed by atoms with Gasteiger partial charge in [-0.3, -0.25) is 32.5 Å². The first kappa shape index (κ1) is 108. The van der Waals surface area contributed by atoms with Crippen molar-refractivity contribution < 1.29 is 75.8 Å². The van der Waals surface area contributed by atoms with E-state index < -0.39 is 91.5 Å². The third kappa shape index (κ3) is 87.3. The minimum absolute atomic E-state index is 0.0295. The Morgan fingerprint density at radius 2 is 0.487 bits per heavy atom. The number of allylic oxidation sites excluding steroid dienone is 30. The van der Waals surface area contributed by atoms with E-state index in [2.05, 4.69) is 185 Å². The molecule has 18 heteroatoms. The van der Waals surface area contributed by atoms with Crippen molar-refractivity contribution in [3.05, 3.63) is 182 Å². The molecule has 0 heterocycles. The van der Waals surface area contributed by atoms with Crippen LogP contribution in [0.15, 0.2) is 182 Å². The Balaban J connectivity index is 4.55. The fraction of sp³-hybridized carbons (Fsp3) is 0.653. The first-order valence-corrected chi connectivity index (χ1v) is 47.1. The van der Waals surface area contributed by atoms with Gasteiger partial charge in [-0.05, 0) is 148 Å². The molecule has 0 amide bonds. The Morgan fingerprint density at radius 3 is 0.779 bits per heavy atom. The second kappa shape index (κ2) is 86.0. The molecule has 0 aromatic heterocycles. The summed E-state index contributed by atoms with van der Waals surface area (Å²) in [4.78, 5) is 58.8. The summed E-state index contributed by atoms with van der Waals surface area (Å²) in [6.07, 6.45) is 113. The van der Waals surface area contributed by atoms with Crippen LogP contribution in [-0.2, 0) is 55.8 Å². The van der Waals surface area contributed by atoms with Crippen LogP contribution >= 0.6 is 15.6 Å². The number of aliphatic hydroxyl groups excluding tert-OH is 2. The fourth-order valence-corrected chi connectivity index (χ4v) is 13.1. The lowest BCUT2D eigenvalue weighted by Gasteiger charge is -2.21. The molecule has 0 radical (unpaired) electrons. The number of rotatable bonds is 82. The van der Waals surface area contributed by atoms with Gasteiger partial charge in [0, 0.05) is 19.3 Å². The average molecular weight is 1620 g/mol. The predicted molar refractivity (Wildman–Crippen MR) is 472 cm³/mol. The molecule has 0 spiro atoms. The van der Waals surface area contributed by atoms with E-state index in [0.29, 0.717) is 25.7 Å². The van der Waals surface area contributed by atoms with E-state index >= 15 is 0 Å². The molecule has 113 heavy (non-hydrogen) atoms. The van der Waals surface area contributed by atoms with Gasteiger partial charge < -0.3 is 34.2 Å². The molecule has 0 rings (SSSR count). The van der Waals surface area contributed by atoms with Crippen molar-refractivity contribution in [1.29, 1.82) is 0 Å². The average Bonchev–Trinajstić information content (AvgIpc) is 0.905. The number of unbranched alkanes of at least 4 members (excludes halogenated alkanes) is 29. The van der Waals surface area contributed by atoms with E-state index in [1.807, 2.05) is 18.2 Å². The first-order chi connectivity index (χ1) is 55.2. The highest BCUT2D eigenvalue weighted by Gasteiger charge is 2.29. The van der Waals surface area contributed by atoms with Crippen LogP contribution in [0.2, 0.25) is 0 Å². The van der Waals surface area contributed by atoms with Gasteiger partial charge >= 0.3 is 33.6 Å². The number of hydrogen-bond acceptors (Lipinski definition) is 14. The summed E-state index contributed by atoms with van der Waals surface area (Å²) in [6.45, 7) is 2.34. The molecule has 16 nitrogen and oxygen atoms in total. The zero-order valence-electron chi connectivity index (χ0n) is 70.7. The van der Waals surface area contributed by atoms with Crippen LogP contribution in [0.1, 0.15) is 342 Å². The third-order valence-corrected chi connectivity index (χ3v) is 20.0. The minimum atomic E-state index is -4.97. The second-order valence-corrected chi connectivity index (χ2v) is 31.8. The second-order valence-electron chi connectivity index (χ2n) is 28.9. The molecule has 5 unspecified atom stereocenters. The SMILES string of the molecule is CC/C=C\C/C=C\C/C=C\C/C=C\C/C=C\C/C=C\CCC(=O)OC(COC(=O)CCCCCCCCC/C=C\C/C=C\C/C=C\C/C=C\C/C=C\CC)COP(=O)(O)OCC(O)COP(=O)(O)OCC(O)COC(=O)CCCCCCCCCCCCCCCCCCCCC/C=C\C/C=C\C/C=C\C/C=C\CCCCC. The van der Waals surface area contributed by atoms with Gasteiger partial charge in [0.2, 0.25) is 0 Å². The smallest absolute Gasteiger partial charge is 0.463 e. The van der Waals surface area contributed by atoms with E-state index in [-0.39, 0.29) is 19.3 Å². The van der Waals surface area contributed by atoms with Crippen molar-refractivity contribution in [2.45, 2.75) is 360 Å². The number of hydrogen-bond donors (Lipinski definition) is 4. The van der Waals surface area contributed by atoms with Crippen LogP contribution in [0, 0.1) is 0 Å². The molecule has 0 aromatic rings. The van der Waals surface area contributed by atoms with E-state index in [0.717, 1.165) is 148 Å². The predicted octanol–water partition coefficient (Wildman–Crippen LogP) is 26.9. The Morgan fingerprint density at radius 1 is 0.257 bits per heavy atom. The van der Waals surface area contributed by atoms with Crippen molar-refractivity contribution >= 4 is 33.6 Å². The Bertz CT molecular complexity index is 2780. The van der Waals surface area contributed by atoms with Crippen LogP contribution < -0.4 is 0 Å². The molecule has 0 aliphatic rings. The quantitative estimate of drug-likeness (QED) is 0.0146. The zero-order valence-corrected chi connectivity index (χ0v) is 72.5. The van der Waals surface area contributed by atoms with E-state index in [4.69, 9.17) is 32.3 Å². The van der Waals surface area contributed by atoms with Crippen molar-refractivity contribution in [2.24, 2.45) is 0 Å². The number of esters is 3. The Hall–Kier alpha value is -5.35. The van der Waals surface area contributed by atoms with Gasteiger partial charge in [-0.2, -0.15) is 0 Å². The highest BCUT2D eigenvalue weighted by molar-refractivity contribution is 7.47. The maximum atomic E-state index is 13.0. The molecule has 0 saturated carbocycles. The van der Waals surface area contributed by atoms with Crippen LogP contribution in [0.5, 0.6) is 0 Å². The Kier molecular flexibility index (Phi) is 81.9. The lowest BCUT2D eigenvalue weighted by atomic mass is 10.0. The van der Waals surface area contributed by atoms with Crippen LogP contribution in [0.4, 0.5) is 0 Å². The largest absolute Gasteiger partial charge is 0.472 e. The summed E-state index contributed by atoms with van der Waals surface area (Å²) >= 11 is 0. The Labute approximate surface area is 687 Å². The van der Waals surface area contributed by atoms with Crippen LogP contribution in [0.3, 0.4) is 0 Å². The van der Waals surface area contributed by atoms with Gasteiger partial charge in [-0.25, -0.2) is 9.13 Å². The van der Waals surface area contributed by atoms with Crippen molar-refractivity contribution in [3.63, 3.8) is 0 Å². The van der Waals surface area contributed by atoms with Gasteiger partial charge in [-0.15, -0.1) is 0 Å². The number of ether oxygens (including phenoxy) is 3.